The van der Waals surface area contributed by atoms with Gasteiger partial charge in [-0.05, 0) is 25.6 Å². The van der Waals surface area contributed by atoms with E-state index in [4.69, 9.17) is 0 Å². The molecule has 0 spiro atoms. The third-order valence-corrected chi connectivity index (χ3v) is 3.93. The van der Waals surface area contributed by atoms with Crippen LogP contribution in [0.5, 0.6) is 0 Å². The third kappa shape index (κ3) is 2.07. The predicted octanol–water partition coefficient (Wildman–Crippen LogP) is 0.809. The van der Waals surface area contributed by atoms with Crippen molar-refractivity contribution < 1.29 is 5.11 Å². The number of aliphatic hydroxyl groups is 1. The van der Waals surface area contributed by atoms with E-state index in [-0.39, 0.29) is 6.61 Å². The number of aromatic nitrogens is 5. The molecule has 1 N–H and O–H groups in total. The minimum Gasteiger partial charge on any atom is -0.392 e. The summed E-state index contributed by atoms with van der Waals surface area (Å²) < 4.78 is 3.67. The molecule has 0 bridgehead atoms. The minimum absolute atomic E-state index is 0.0150. The van der Waals surface area contributed by atoms with Gasteiger partial charge in [0.15, 0.2) is 5.16 Å². The van der Waals surface area contributed by atoms with Gasteiger partial charge in [0.05, 0.1) is 12.3 Å². The highest BCUT2D eigenvalue weighted by atomic mass is 32.2. The van der Waals surface area contributed by atoms with Crippen LogP contribution in [0.1, 0.15) is 17.1 Å². The number of hydrogen-bond donors (Lipinski definition) is 1. The van der Waals surface area contributed by atoms with Crippen molar-refractivity contribution in [2.45, 2.75) is 30.6 Å². The van der Waals surface area contributed by atoms with E-state index in [9.17, 15) is 5.11 Å². The summed E-state index contributed by atoms with van der Waals surface area (Å²) in [4.78, 5) is 0. The van der Waals surface area contributed by atoms with Gasteiger partial charge < -0.3 is 9.67 Å². The molecule has 7 heteroatoms. The lowest BCUT2D eigenvalue weighted by atomic mass is 10.3. The van der Waals surface area contributed by atoms with Crippen LogP contribution in [-0.2, 0) is 20.7 Å². The molecule has 0 aliphatic rings. The molecule has 0 aliphatic carbocycles. The zero-order valence-electron chi connectivity index (χ0n) is 10.3. The van der Waals surface area contributed by atoms with Gasteiger partial charge in [-0.15, -0.1) is 10.2 Å². The van der Waals surface area contributed by atoms with Gasteiger partial charge in [-0.3, -0.25) is 4.68 Å². The average Bonchev–Trinajstić information content (AvgIpc) is 2.73. The minimum atomic E-state index is -0.0150. The molecular weight excluding hydrogens is 238 g/mol. The van der Waals surface area contributed by atoms with Crippen LogP contribution in [0.2, 0.25) is 0 Å². The molecule has 17 heavy (non-hydrogen) atoms. The van der Waals surface area contributed by atoms with Gasteiger partial charge in [-0.2, -0.15) is 5.10 Å². The van der Waals surface area contributed by atoms with Crippen LogP contribution in [-0.4, -0.2) is 29.7 Å². The van der Waals surface area contributed by atoms with Gasteiger partial charge >= 0.3 is 0 Å². The largest absolute Gasteiger partial charge is 0.392 e. The smallest absolute Gasteiger partial charge is 0.197 e. The molecule has 0 saturated heterocycles. The van der Waals surface area contributed by atoms with Gasteiger partial charge in [-0.25, -0.2) is 0 Å². The van der Waals surface area contributed by atoms with Crippen molar-refractivity contribution in [1.82, 2.24) is 24.5 Å². The highest BCUT2D eigenvalue weighted by Gasteiger charge is 2.16. The topological polar surface area (TPSA) is 68.8 Å². The van der Waals surface area contributed by atoms with Gasteiger partial charge in [0.2, 0.25) is 0 Å². The van der Waals surface area contributed by atoms with Crippen molar-refractivity contribution in [3.05, 3.63) is 17.1 Å². The van der Waals surface area contributed by atoms with E-state index in [1.165, 1.54) is 11.8 Å². The summed E-state index contributed by atoms with van der Waals surface area (Å²) in [7, 11) is 3.78. The third-order valence-electron chi connectivity index (χ3n) is 2.69. The van der Waals surface area contributed by atoms with Crippen LogP contribution >= 0.6 is 11.8 Å². The Morgan fingerprint density at radius 2 is 1.94 bits per heavy atom. The summed E-state index contributed by atoms with van der Waals surface area (Å²) in [5.74, 6) is 0.858. The zero-order chi connectivity index (χ0) is 12.6. The lowest BCUT2D eigenvalue weighted by molar-refractivity contribution is 0.277. The maximum absolute atomic E-state index is 9.36. The van der Waals surface area contributed by atoms with Crippen LogP contribution in [0.15, 0.2) is 10.2 Å². The predicted molar refractivity (Wildman–Crippen MR) is 63.7 cm³/mol. The highest BCUT2D eigenvalue weighted by molar-refractivity contribution is 7.99. The first-order chi connectivity index (χ1) is 8.04. The molecule has 0 amide bonds. The fourth-order valence-electron chi connectivity index (χ4n) is 1.55. The number of hydrogen-bond acceptors (Lipinski definition) is 5. The lowest BCUT2D eigenvalue weighted by Gasteiger charge is -2.04. The first kappa shape index (κ1) is 12.1. The van der Waals surface area contributed by atoms with Crippen molar-refractivity contribution >= 4 is 11.8 Å². The molecular formula is C10H15N5OS. The summed E-state index contributed by atoms with van der Waals surface area (Å²) in [6.45, 7) is 3.77. The molecule has 2 rings (SSSR count). The molecule has 2 aromatic heterocycles. The van der Waals surface area contributed by atoms with Crippen molar-refractivity contribution in [2.24, 2.45) is 14.1 Å². The Balaban J connectivity index is 2.39. The summed E-state index contributed by atoms with van der Waals surface area (Å²) in [5, 5.41) is 23.4. The van der Waals surface area contributed by atoms with Crippen LogP contribution in [0.4, 0.5) is 0 Å². The van der Waals surface area contributed by atoms with Crippen molar-refractivity contribution in [3.63, 3.8) is 0 Å². The summed E-state index contributed by atoms with van der Waals surface area (Å²) in [6.07, 6.45) is 0. The average molecular weight is 253 g/mol. The Kier molecular flexibility index (Phi) is 3.21. The monoisotopic (exact) mass is 253 g/mol. The summed E-state index contributed by atoms with van der Waals surface area (Å²) in [5.41, 5.74) is 1.69. The number of aryl methyl sites for hydroxylation is 3. The van der Waals surface area contributed by atoms with Crippen LogP contribution in [0, 0.1) is 13.8 Å². The van der Waals surface area contributed by atoms with Crippen LogP contribution in [0.25, 0.3) is 0 Å². The lowest BCUT2D eigenvalue weighted by Crippen LogP contribution is -1.98. The molecule has 0 saturated carbocycles. The van der Waals surface area contributed by atoms with Crippen molar-refractivity contribution in [1.29, 1.82) is 0 Å². The van der Waals surface area contributed by atoms with E-state index in [2.05, 4.69) is 15.3 Å². The van der Waals surface area contributed by atoms with Gasteiger partial charge in [-0.1, -0.05) is 0 Å². The van der Waals surface area contributed by atoms with E-state index in [1.54, 1.807) is 4.68 Å². The fraction of sp³-hybridized carbons (Fsp3) is 0.500. The maximum atomic E-state index is 9.36. The Bertz CT molecular complexity index is 545. The van der Waals surface area contributed by atoms with Crippen molar-refractivity contribution in [3.8, 4) is 0 Å². The summed E-state index contributed by atoms with van der Waals surface area (Å²) >= 11 is 1.46. The second-order valence-corrected chi connectivity index (χ2v) is 4.80. The Morgan fingerprint density at radius 1 is 1.24 bits per heavy atom. The molecule has 2 heterocycles. The van der Waals surface area contributed by atoms with E-state index < -0.39 is 0 Å². The maximum Gasteiger partial charge on any atom is 0.197 e. The van der Waals surface area contributed by atoms with Gasteiger partial charge in [0.25, 0.3) is 0 Å². The molecule has 0 unspecified atom stereocenters. The zero-order valence-corrected chi connectivity index (χ0v) is 11.1. The molecule has 2 aromatic rings. The summed E-state index contributed by atoms with van der Waals surface area (Å²) in [6, 6.07) is 0. The molecule has 6 nitrogen and oxygen atoms in total. The van der Waals surface area contributed by atoms with E-state index in [0.717, 1.165) is 27.3 Å². The van der Waals surface area contributed by atoms with E-state index in [1.807, 2.05) is 32.5 Å². The van der Waals surface area contributed by atoms with E-state index in [0.29, 0.717) is 0 Å². The SMILES string of the molecule is Cc1nn(C)c(Sc2nnc(C)n2C)c1CO. The molecule has 0 fully saturated rings. The number of nitrogens with zero attached hydrogens (tertiary/aromatic N) is 5. The van der Waals surface area contributed by atoms with Gasteiger partial charge in [0.1, 0.15) is 10.9 Å². The second kappa shape index (κ2) is 4.50. The first-order valence-corrected chi connectivity index (χ1v) is 6.03. The number of rotatable bonds is 3. The molecule has 0 aromatic carbocycles. The van der Waals surface area contributed by atoms with Crippen LogP contribution < -0.4 is 0 Å². The molecule has 92 valence electrons. The van der Waals surface area contributed by atoms with Crippen LogP contribution in [0.3, 0.4) is 0 Å². The molecule has 0 radical (unpaired) electrons. The second-order valence-electron chi connectivity index (χ2n) is 3.84. The fourth-order valence-corrected chi connectivity index (χ4v) is 2.59. The standard InChI is InChI=1S/C10H15N5OS/c1-6-8(5-16)9(15(4)13-6)17-10-12-11-7(2)14(10)3/h16H,5H2,1-4H3. The normalized spacial score (nSPS) is 11.1. The highest BCUT2D eigenvalue weighted by Crippen LogP contribution is 2.30. The Labute approximate surface area is 104 Å². The van der Waals surface area contributed by atoms with E-state index >= 15 is 0 Å². The van der Waals surface area contributed by atoms with Crippen molar-refractivity contribution in [2.75, 3.05) is 0 Å². The molecule has 0 atom stereocenters. The molecule has 0 aliphatic heterocycles. The number of aliphatic hydroxyl groups excluding tert-OH is 1. The Morgan fingerprint density at radius 3 is 2.47 bits per heavy atom. The Hall–Kier alpha value is -1.34. The van der Waals surface area contributed by atoms with Gasteiger partial charge in [0, 0.05) is 19.7 Å². The quantitative estimate of drug-likeness (QED) is 0.876. The first-order valence-electron chi connectivity index (χ1n) is 5.21.